The summed E-state index contributed by atoms with van der Waals surface area (Å²) in [6.07, 6.45) is 7.12. The highest BCUT2D eigenvalue weighted by Gasteiger charge is 2.39. The topological polar surface area (TPSA) is 26.0 Å². The first-order valence-corrected chi connectivity index (χ1v) is 4.13. The molecule has 0 unspecified atom stereocenters. The van der Waals surface area contributed by atoms with E-state index >= 15 is 0 Å². The van der Waals surface area contributed by atoms with E-state index in [0.29, 0.717) is 6.04 Å². The number of nitrogens with two attached hydrogens (primary N) is 1. The van der Waals surface area contributed by atoms with Crippen LogP contribution in [-0.2, 0) is 0 Å². The Morgan fingerprint density at radius 1 is 1.11 bits per heavy atom. The lowest BCUT2D eigenvalue weighted by Crippen LogP contribution is -2.48. The van der Waals surface area contributed by atoms with E-state index in [4.69, 9.17) is 5.73 Å². The van der Waals surface area contributed by atoms with Crippen molar-refractivity contribution >= 4 is 0 Å². The average molecular weight is 125 g/mol. The molecule has 1 heteroatoms. The van der Waals surface area contributed by atoms with Crippen LogP contribution in [0.2, 0.25) is 0 Å². The highest BCUT2D eigenvalue weighted by molar-refractivity contribution is 4.93. The van der Waals surface area contributed by atoms with Gasteiger partial charge in [0.2, 0.25) is 0 Å². The van der Waals surface area contributed by atoms with E-state index in [1.165, 1.54) is 32.1 Å². The maximum Gasteiger partial charge on any atom is 0.00725 e. The molecule has 2 aliphatic rings. The SMILES string of the molecule is N[C@@H]1C[C@H]2CCCC[C@H]21. The summed E-state index contributed by atoms with van der Waals surface area (Å²) in [6, 6.07) is 0.579. The lowest BCUT2D eigenvalue weighted by atomic mass is 9.62. The van der Waals surface area contributed by atoms with Crippen LogP contribution in [0, 0.1) is 11.8 Å². The maximum absolute atomic E-state index is 5.83. The second-order valence-corrected chi connectivity index (χ2v) is 3.61. The van der Waals surface area contributed by atoms with Crippen molar-refractivity contribution in [3.63, 3.8) is 0 Å². The summed E-state index contributed by atoms with van der Waals surface area (Å²) in [7, 11) is 0. The van der Waals surface area contributed by atoms with E-state index in [1.54, 1.807) is 0 Å². The third kappa shape index (κ3) is 0.787. The molecule has 0 spiro atoms. The van der Waals surface area contributed by atoms with Crippen LogP contribution in [0.15, 0.2) is 0 Å². The van der Waals surface area contributed by atoms with Gasteiger partial charge in [-0.15, -0.1) is 0 Å². The zero-order valence-electron chi connectivity index (χ0n) is 5.84. The van der Waals surface area contributed by atoms with Gasteiger partial charge in [-0.05, 0) is 24.7 Å². The first-order valence-electron chi connectivity index (χ1n) is 4.13. The first-order chi connectivity index (χ1) is 4.38. The van der Waals surface area contributed by atoms with Gasteiger partial charge < -0.3 is 5.73 Å². The molecule has 1 nitrogen and oxygen atoms in total. The van der Waals surface area contributed by atoms with E-state index in [0.717, 1.165) is 11.8 Å². The second-order valence-electron chi connectivity index (χ2n) is 3.61. The number of hydrogen-bond acceptors (Lipinski definition) is 1. The summed E-state index contributed by atoms with van der Waals surface area (Å²) in [5, 5.41) is 0. The Labute approximate surface area is 56.6 Å². The standard InChI is InChI=1S/C8H15N/c9-8-5-6-3-1-2-4-7(6)8/h6-8H,1-5,9H2/t6-,7-,8-/m1/s1. The van der Waals surface area contributed by atoms with Gasteiger partial charge in [-0.1, -0.05) is 19.3 Å². The van der Waals surface area contributed by atoms with Gasteiger partial charge in [0.1, 0.15) is 0 Å². The van der Waals surface area contributed by atoms with Gasteiger partial charge in [-0.3, -0.25) is 0 Å². The molecule has 0 aliphatic heterocycles. The van der Waals surface area contributed by atoms with Crippen LogP contribution in [0.1, 0.15) is 32.1 Å². The highest BCUT2D eigenvalue weighted by Crippen LogP contribution is 2.43. The summed E-state index contributed by atoms with van der Waals surface area (Å²) in [5.41, 5.74) is 5.83. The van der Waals surface area contributed by atoms with Crippen LogP contribution in [-0.4, -0.2) is 6.04 Å². The van der Waals surface area contributed by atoms with E-state index < -0.39 is 0 Å². The fourth-order valence-corrected chi connectivity index (χ4v) is 2.42. The van der Waals surface area contributed by atoms with Crippen molar-refractivity contribution in [3.8, 4) is 0 Å². The van der Waals surface area contributed by atoms with Crippen LogP contribution in [0.5, 0.6) is 0 Å². The molecule has 0 aromatic rings. The second kappa shape index (κ2) is 1.98. The molecule has 2 rings (SSSR count). The molecule has 9 heavy (non-hydrogen) atoms. The van der Waals surface area contributed by atoms with Gasteiger partial charge in [-0.2, -0.15) is 0 Å². The fraction of sp³-hybridized carbons (Fsp3) is 1.00. The van der Waals surface area contributed by atoms with E-state index in [2.05, 4.69) is 0 Å². The largest absolute Gasteiger partial charge is 0.327 e. The Hall–Kier alpha value is -0.0400. The van der Waals surface area contributed by atoms with Crippen LogP contribution < -0.4 is 5.73 Å². The summed E-state index contributed by atoms with van der Waals surface area (Å²) >= 11 is 0. The molecule has 0 saturated heterocycles. The van der Waals surface area contributed by atoms with Crippen molar-refractivity contribution in [2.45, 2.75) is 38.1 Å². The van der Waals surface area contributed by atoms with Crippen molar-refractivity contribution in [1.82, 2.24) is 0 Å². The minimum absolute atomic E-state index is 0.579. The average Bonchev–Trinajstić information content (AvgIpc) is 1.86. The van der Waals surface area contributed by atoms with Gasteiger partial charge >= 0.3 is 0 Å². The number of rotatable bonds is 0. The van der Waals surface area contributed by atoms with Gasteiger partial charge in [0, 0.05) is 6.04 Å². The minimum atomic E-state index is 0.579. The molecule has 0 radical (unpaired) electrons. The predicted molar refractivity (Wildman–Crippen MR) is 38.0 cm³/mol. The third-order valence-electron chi connectivity index (χ3n) is 3.09. The lowest BCUT2D eigenvalue weighted by molar-refractivity contribution is 0.0835. The van der Waals surface area contributed by atoms with E-state index in [1.807, 2.05) is 0 Å². The van der Waals surface area contributed by atoms with Gasteiger partial charge in [0.15, 0.2) is 0 Å². The molecular weight excluding hydrogens is 110 g/mol. The maximum atomic E-state index is 5.83. The molecule has 2 N–H and O–H groups in total. The first kappa shape index (κ1) is 5.72. The van der Waals surface area contributed by atoms with Gasteiger partial charge in [0.05, 0.1) is 0 Å². The number of hydrogen-bond donors (Lipinski definition) is 1. The van der Waals surface area contributed by atoms with Gasteiger partial charge in [-0.25, -0.2) is 0 Å². The smallest absolute Gasteiger partial charge is 0.00725 e. The zero-order valence-corrected chi connectivity index (χ0v) is 5.84. The Kier molecular flexibility index (Phi) is 1.26. The van der Waals surface area contributed by atoms with Gasteiger partial charge in [0.25, 0.3) is 0 Å². The molecule has 2 aliphatic carbocycles. The molecular formula is C8H15N. The summed E-state index contributed by atoms with van der Waals surface area (Å²) in [4.78, 5) is 0. The molecule has 0 aromatic carbocycles. The molecule has 0 bridgehead atoms. The molecule has 3 atom stereocenters. The monoisotopic (exact) mass is 125 g/mol. The number of fused-ring (bicyclic) bond motifs is 1. The van der Waals surface area contributed by atoms with Crippen LogP contribution in [0.3, 0.4) is 0 Å². The Morgan fingerprint density at radius 2 is 1.89 bits per heavy atom. The Bertz CT molecular complexity index is 109. The predicted octanol–water partition coefficient (Wildman–Crippen LogP) is 1.52. The molecule has 0 heterocycles. The van der Waals surface area contributed by atoms with Crippen LogP contribution >= 0.6 is 0 Å². The van der Waals surface area contributed by atoms with Crippen molar-refractivity contribution in [2.24, 2.45) is 17.6 Å². The minimum Gasteiger partial charge on any atom is -0.327 e. The zero-order chi connectivity index (χ0) is 6.27. The van der Waals surface area contributed by atoms with Crippen LogP contribution in [0.25, 0.3) is 0 Å². The van der Waals surface area contributed by atoms with E-state index in [-0.39, 0.29) is 0 Å². The van der Waals surface area contributed by atoms with Crippen molar-refractivity contribution in [1.29, 1.82) is 0 Å². The highest BCUT2D eigenvalue weighted by atomic mass is 14.7. The third-order valence-corrected chi connectivity index (χ3v) is 3.09. The summed E-state index contributed by atoms with van der Waals surface area (Å²) in [6.45, 7) is 0. The quantitative estimate of drug-likeness (QED) is 0.522. The molecule has 0 aromatic heterocycles. The van der Waals surface area contributed by atoms with E-state index in [9.17, 15) is 0 Å². The van der Waals surface area contributed by atoms with Crippen molar-refractivity contribution < 1.29 is 0 Å². The Morgan fingerprint density at radius 3 is 2.44 bits per heavy atom. The van der Waals surface area contributed by atoms with Crippen molar-refractivity contribution in [2.75, 3.05) is 0 Å². The molecule has 2 fully saturated rings. The lowest BCUT2D eigenvalue weighted by Gasteiger charge is -2.46. The summed E-state index contributed by atoms with van der Waals surface area (Å²) < 4.78 is 0. The molecule has 2 saturated carbocycles. The Balaban J connectivity index is 1.94. The van der Waals surface area contributed by atoms with Crippen molar-refractivity contribution in [3.05, 3.63) is 0 Å². The molecule has 0 amide bonds. The summed E-state index contributed by atoms with van der Waals surface area (Å²) in [5.74, 6) is 1.97. The fourth-order valence-electron chi connectivity index (χ4n) is 2.42. The van der Waals surface area contributed by atoms with Crippen LogP contribution in [0.4, 0.5) is 0 Å². The molecule has 52 valence electrons. The normalized spacial score (nSPS) is 49.7.